The molecule has 0 bridgehead atoms. The summed E-state index contributed by atoms with van der Waals surface area (Å²) >= 11 is 0. The highest BCUT2D eigenvalue weighted by molar-refractivity contribution is 6.30. The summed E-state index contributed by atoms with van der Waals surface area (Å²) in [6.45, 7) is 0. The fourth-order valence-electron chi connectivity index (χ4n) is 10.4. The molecule has 310 valence electrons. The highest BCUT2D eigenvalue weighted by atomic mass is 16.3. The molecule has 0 amide bonds. The Balaban J connectivity index is 1.00. The summed E-state index contributed by atoms with van der Waals surface area (Å²) in [4.78, 5) is 20.7. The van der Waals surface area contributed by atoms with E-state index >= 15 is 0 Å². The van der Waals surface area contributed by atoms with Gasteiger partial charge in [0.1, 0.15) is 11.2 Å². The van der Waals surface area contributed by atoms with Crippen molar-refractivity contribution < 1.29 is 4.42 Å². The van der Waals surface area contributed by atoms with Gasteiger partial charge in [-0.2, -0.15) is 0 Å². The second kappa shape index (κ2) is 14.7. The average molecular weight is 853 g/mol. The summed E-state index contributed by atoms with van der Waals surface area (Å²) in [5.41, 5.74) is 9.47. The first-order chi connectivity index (χ1) is 33.2. The van der Waals surface area contributed by atoms with E-state index < -0.39 is 0 Å². The normalized spacial score (nSPS) is 11.9. The van der Waals surface area contributed by atoms with Gasteiger partial charge < -0.3 is 4.42 Å². The molecule has 0 saturated carbocycles. The third kappa shape index (κ3) is 5.88. The Bertz CT molecular complexity index is 4290. The minimum atomic E-state index is 0.600. The molecular formula is C62H36N4O. The lowest BCUT2D eigenvalue weighted by Gasteiger charge is -2.17. The molecule has 0 aliphatic heterocycles. The summed E-state index contributed by atoms with van der Waals surface area (Å²) in [5.74, 6) is 1.85. The van der Waals surface area contributed by atoms with Crippen molar-refractivity contribution in [1.29, 1.82) is 0 Å². The molecule has 5 nitrogen and oxygen atoms in total. The topological polar surface area (TPSA) is 64.7 Å². The largest absolute Gasteiger partial charge is 0.456 e. The van der Waals surface area contributed by atoms with E-state index in [-0.39, 0.29) is 0 Å². The number of nitrogens with zero attached hydrogens (tertiary/aromatic N) is 4. The van der Waals surface area contributed by atoms with Gasteiger partial charge in [0.15, 0.2) is 17.5 Å². The zero-order chi connectivity index (χ0) is 44.0. The summed E-state index contributed by atoms with van der Waals surface area (Å²) in [7, 11) is 0. The Morgan fingerprint density at radius 3 is 1.57 bits per heavy atom. The predicted octanol–water partition coefficient (Wildman–Crippen LogP) is 16.4. The third-order valence-corrected chi connectivity index (χ3v) is 13.5. The average Bonchev–Trinajstić information content (AvgIpc) is 3.78. The first-order valence-corrected chi connectivity index (χ1v) is 22.6. The standard InChI is InChI=1S/C62H36N4O/c1-2-16-39(17-3-1)60-64-61(66-62(65-60)48-26-14-18-37-15-4-5-19-42(37)48)40-31-29-38(30-32-40)59-52-36-55-58(50-25-11-13-28-54(50)67-55)56(57(52)49-24-10-12-27-53(49)63-59)41-33-34-47-45-22-7-6-20-43(45)44-21-8-9-23-46(44)51(47)35-41/h1-36H. The van der Waals surface area contributed by atoms with Crippen LogP contribution in [0.4, 0.5) is 0 Å². The summed E-state index contributed by atoms with van der Waals surface area (Å²) in [6.07, 6.45) is 0. The van der Waals surface area contributed by atoms with E-state index in [1.54, 1.807) is 0 Å². The number of hydrogen-bond acceptors (Lipinski definition) is 5. The van der Waals surface area contributed by atoms with E-state index in [2.05, 4.69) is 182 Å². The SMILES string of the molecule is c1ccc(-c2nc(-c3ccc(-c4nc5ccccc5c5c(-c6ccc7c8ccccc8c8ccccc8c7c6)c6c(cc45)oc4ccccc46)cc3)nc(-c3cccc4ccccc34)n2)cc1. The molecule has 0 aliphatic rings. The van der Waals surface area contributed by atoms with Crippen LogP contribution in [-0.2, 0) is 0 Å². The van der Waals surface area contributed by atoms with Crippen molar-refractivity contribution in [2.75, 3.05) is 0 Å². The molecule has 0 N–H and O–H groups in total. The minimum absolute atomic E-state index is 0.600. The van der Waals surface area contributed by atoms with E-state index in [0.717, 1.165) is 93.5 Å². The van der Waals surface area contributed by atoms with Crippen molar-refractivity contribution in [1.82, 2.24) is 19.9 Å². The number of fused-ring (bicyclic) bond motifs is 13. The van der Waals surface area contributed by atoms with Crippen LogP contribution in [0.25, 0.3) is 143 Å². The number of furan rings is 1. The van der Waals surface area contributed by atoms with Crippen LogP contribution in [0, 0.1) is 0 Å². The maximum Gasteiger partial charge on any atom is 0.164 e. The van der Waals surface area contributed by atoms with Crippen LogP contribution in [0.1, 0.15) is 0 Å². The second-order valence-electron chi connectivity index (χ2n) is 17.3. The zero-order valence-electron chi connectivity index (χ0n) is 36.0. The summed E-state index contributed by atoms with van der Waals surface area (Å²) in [5, 5.41) is 15.1. The first kappa shape index (κ1) is 37.3. The monoisotopic (exact) mass is 852 g/mol. The van der Waals surface area contributed by atoms with Crippen LogP contribution in [0.2, 0.25) is 0 Å². The van der Waals surface area contributed by atoms with E-state index in [9.17, 15) is 0 Å². The van der Waals surface area contributed by atoms with E-state index in [1.807, 2.05) is 36.4 Å². The number of benzene rings is 11. The quantitative estimate of drug-likeness (QED) is 0.161. The maximum atomic E-state index is 6.79. The molecule has 0 unspecified atom stereocenters. The molecule has 0 fully saturated rings. The molecular weight excluding hydrogens is 817 g/mol. The smallest absolute Gasteiger partial charge is 0.164 e. The van der Waals surface area contributed by atoms with Gasteiger partial charge in [-0.25, -0.2) is 19.9 Å². The van der Waals surface area contributed by atoms with Gasteiger partial charge in [-0.3, -0.25) is 0 Å². The van der Waals surface area contributed by atoms with Crippen molar-refractivity contribution in [3.05, 3.63) is 218 Å². The van der Waals surface area contributed by atoms with Crippen molar-refractivity contribution in [2.24, 2.45) is 0 Å². The Hall–Kier alpha value is -9.06. The summed E-state index contributed by atoms with van der Waals surface area (Å²) in [6, 6.07) is 76.9. The molecule has 0 radical (unpaired) electrons. The Morgan fingerprint density at radius 1 is 0.284 bits per heavy atom. The number of rotatable bonds is 5. The van der Waals surface area contributed by atoms with Gasteiger partial charge in [0, 0.05) is 54.7 Å². The van der Waals surface area contributed by atoms with Crippen LogP contribution in [-0.4, -0.2) is 19.9 Å². The lowest BCUT2D eigenvalue weighted by atomic mass is 9.87. The van der Waals surface area contributed by atoms with Gasteiger partial charge in [0.25, 0.3) is 0 Å². The fraction of sp³-hybridized carbons (Fsp3) is 0. The molecule has 3 aromatic heterocycles. The molecule has 0 atom stereocenters. The molecule has 11 aromatic carbocycles. The van der Waals surface area contributed by atoms with Crippen molar-refractivity contribution in [3.63, 3.8) is 0 Å². The summed E-state index contributed by atoms with van der Waals surface area (Å²) < 4.78 is 6.79. The number of hydrogen-bond donors (Lipinski definition) is 0. The number of aromatic nitrogens is 4. The van der Waals surface area contributed by atoms with Gasteiger partial charge in [-0.05, 0) is 72.9 Å². The molecule has 5 heteroatoms. The predicted molar refractivity (Wildman–Crippen MR) is 277 cm³/mol. The highest BCUT2D eigenvalue weighted by Crippen LogP contribution is 2.48. The minimum Gasteiger partial charge on any atom is -0.456 e. The lowest BCUT2D eigenvalue weighted by molar-refractivity contribution is 0.669. The molecule has 14 aromatic rings. The number of pyridine rings is 1. The molecule has 3 heterocycles. The maximum absolute atomic E-state index is 6.79. The third-order valence-electron chi connectivity index (χ3n) is 13.5. The Morgan fingerprint density at radius 2 is 0.821 bits per heavy atom. The van der Waals surface area contributed by atoms with Crippen molar-refractivity contribution in [3.8, 4) is 56.5 Å². The lowest BCUT2D eigenvalue weighted by Crippen LogP contribution is -2.00. The van der Waals surface area contributed by atoms with E-state index in [4.69, 9.17) is 24.4 Å². The van der Waals surface area contributed by atoms with Gasteiger partial charge in [-0.1, -0.05) is 194 Å². The zero-order valence-corrected chi connectivity index (χ0v) is 36.0. The fourth-order valence-corrected chi connectivity index (χ4v) is 10.4. The number of para-hydroxylation sites is 2. The van der Waals surface area contributed by atoms with Crippen LogP contribution in [0.5, 0.6) is 0 Å². The second-order valence-corrected chi connectivity index (χ2v) is 17.3. The van der Waals surface area contributed by atoms with Crippen molar-refractivity contribution in [2.45, 2.75) is 0 Å². The Kier molecular flexibility index (Phi) is 8.21. The molecule has 0 saturated heterocycles. The van der Waals surface area contributed by atoms with E-state index in [0.29, 0.717) is 17.5 Å². The highest BCUT2D eigenvalue weighted by Gasteiger charge is 2.23. The molecule has 0 aliphatic carbocycles. The van der Waals surface area contributed by atoms with Gasteiger partial charge >= 0.3 is 0 Å². The molecule has 67 heavy (non-hydrogen) atoms. The van der Waals surface area contributed by atoms with Crippen LogP contribution in [0.3, 0.4) is 0 Å². The Labute approximate surface area is 384 Å². The van der Waals surface area contributed by atoms with Crippen LogP contribution < -0.4 is 0 Å². The first-order valence-electron chi connectivity index (χ1n) is 22.6. The molecule has 14 rings (SSSR count). The van der Waals surface area contributed by atoms with E-state index in [1.165, 1.54) is 32.3 Å². The van der Waals surface area contributed by atoms with Gasteiger partial charge in [0.2, 0.25) is 0 Å². The van der Waals surface area contributed by atoms with Crippen LogP contribution >= 0.6 is 0 Å². The van der Waals surface area contributed by atoms with Gasteiger partial charge in [0.05, 0.1) is 11.2 Å². The van der Waals surface area contributed by atoms with Gasteiger partial charge in [-0.15, -0.1) is 0 Å². The van der Waals surface area contributed by atoms with Crippen LogP contribution in [0.15, 0.2) is 223 Å². The van der Waals surface area contributed by atoms with Crippen molar-refractivity contribution >= 4 is 86.7 Å². The molecule has 0 spiro atoms.